The maximum atomic E-state index is 12.2. The van der Waals surface area contributed by atoms with Crippen LogP contribution in [0.1, 0.15) is 26.7 Å². The van der Waals surface area contributed by atoms with Crippen molar-refractivity contribution < 1.29 is 19.1 Å². The number of benzene rings is 1. The second-order valence-corrected chi connectivity index (χ2v) is 5.79. The van der Waals surface area contributed by atoms with Gasteiger partial charge >= 0.3 is 0 Å². The number of rotatable bonds is 2. The minimum Gasteiger partial charge on any atom is -0.449 e. The van der Waals surface area contributed by atoms with Gasteiger partial charge < -0.3 is 20.1 Å². The number of carbonyl (C=O) groups excluding carboxylic acids is 2. The SMILES string of the molecule is CC1(C)Oc2ccc(NC(=O)C3CCC(=O)NC3)cc2O1. The first-order valence-electron chi connectivity index (χ1n) is 7.03. The summed E-state index contributed by atoms with van der Waals surface area (Å²) in [7, 11) is 0. The van der Waals surface area contributed by atoms with Crippen LogP contribution in [0.2, 0.25) is 0 Å². The van der Waals surface area contributed by atoms with Gasteiger partial charge in [-0.2, -0.15) is 0 Å². The van der Waals surface area contributed by atoms with Crippen LogP contribution in [0.4, 0.5) is 5.69 Å². The van der Waals surface area contributed by atoms with Gasteiger partial charge in [-0.3, -0.25) is 9.59 Å². The molecule has 1 unspecified atom stereocenters. The van der Waals surface area contributed by atoms with E-state index in [1.54, 1.807) is 18.2 Å². The van der Waals surface area contributed by atoms with E-state index in [4.69, 9.17) is 9.47 Å². The van der Waals surface area contributed by atoms with Crippen molar-refractivity contribution >= 4 is 17.5 Å². The van der Waals surface area contributed by atoms with Crippen molar-refractivity contribution in [3.8, 4) is 11.5 Å². The van der Waals surface area contributed by atoms with Crippen molar-refractivity contribution in [1.29, 1.82) is 0 Å². The average molecular weight is 290 g/mol. The lowest BCUT2D eigenvalue weighted by Gasteiger charge is -2.21. The van der Waals surface area contributed by atoms with Gasteiger partial charge in [-0.15, -0.1) is 0 Å². The zero-order valence-corrected chi connectivity index (χ0v) is 12.1. The fourth-order valence-electron chi connectivity index (χ4n) is 2.50. The molecule has 6 nitrogen and oxygen atoms in total. The number of fused-ring (bicyclic) bond motifs is 1. The Labute approximate surface area is 122 Å². The van der Waals surface area contributed by atoms with Gasteiger partial charge in [0.25, 0.3) is 0 Å². The molecule has 2 amide bonds. The molecule has 2 aliphatic rings. The van der Waals surface area contributed by atoms with Crippen LogP contribution in [0.15, 0.2) is 18.2 Å². The van der Waals surface area contributed by atoms with Crippen molar-refractivity contribution in [3.63, 3.8) is 0 Å². The fourth-order valence-corrected chi connectivity index (χ4v) is 2.50. The zero-order valence-electron chi connectivity index (χ0n) is 12.1. The predicted octanol–water partition coefficient (Wildman–Crippen LogP) is 1.66. The van der Waals surface area contributed by atoms with Crippen LogP contribution in [0, 0.1) is 5.92 Å². The second kappa shape index (κ2) is 4.95. The van der Waals surface area contributed by atoms with Crippen LogP contribution in [-0.4, -0.2) is 24.1 Å². The van der Waals surface area contributed by atoms with Crippen LogP contribution in [0.25, 0.3) is 0 Å². The van der Waals surface area contributed by atoms with E-state index in [9.17, 15) is 9.59 Å². The van der Waals surface area contributed by atoms with Crippen LogP contribution < -0.4 is 20.1 Å². The van der Waals surface area contributed by atoms with Gasteiger partial charge in [0.1, 0.15) is 0 Å². The van der Waals surface area contributed by atoms with E-state index in [-0.39, 0.29) is 17.7 Å². The molecule has 21 heavy (non-hydrogen) atoms. The number of nitrogens with one attached hydrogen (secondary N) is 2. The van der Waals surface area contributed by atoms with Gasteiger partial charge in [0.15, 0.2) is 11.5 Å². The van der Waals surface area contributed by atoms with Crippen molar-refractivity contribution in [2.45, 2.75) is 32.5 Å². The highest BCUT2D eigenvalue weighted by Gasteiger charge is 2.32. The van der Waals surface area contributed by atoms with Crippen LogP contribution in [-0.2, 0) is 9.59 Å². The van der Waals surface area contributed by atoms with E-state index >= 15 is 0 Å². The van der Waals surface area contributed by atoms with Gasteiger partial charge in [0.2, 0.25) is 17.6 Å². The Morgan fingerprint density at radius 2 is 2.10 bits per heavy atom. The molecule has 2 N–H and O–H groups in total. The maximum absolute atomic E-state index is 12.2. The van der Waals surface area contributed by atoms with Crippen LogP contribution >= 0.6 is 0 Å². The molecule has 0 spiro atoms. The molecule has 6 heteroatoms. The van der Waals surface area contributed by atoms with Crippen LogP contribution in [0.5, 0.6) is 11.5 Å². The summed E-state index contributed by atoms with van der Waals surface area (Å²) in [5.41, 5.74) is 0.664. The lowest BCUT2D eigenvalue weighted by molar-refractivity contribution is -0.126. The van der Waals surface area contributed by atoms with Crippen molar-refractivity contribution in [1.82, 2.24) is 5.32 Å². The number of carbonyl (C=O) groups is 2. The van der Waals surface area contributed by atoms with Crippen molar-refractivity contribution in [3.05, 3.63) is 18.2 Å². The number of ether oxygens (including phenoxy) is 2. The molecule has 0 aromatic heterocycles. The summed E-state index contributed by atoms with van der Waals surface area (Å²) in [5.74, 6) is 0.332. The zero-order chi connectivity index (χ0) is 15.0. The number of anilines is 1. The molecule has 1 saturated heterocycles. The maximum Gasteiger partial charge on any atom is 0.246 e. The molecule has 1 atom stereocenters. The lowest BCUT2D eigenvalue weighted by Crippen LogP contribution is -2.40. The van der Waals surface area contributed by atoms with Crippen LogP contribution in [0.3, 0.4) is 0 Å². The molecule has 1 aromatic rings. The Hall–Kier alpha value is -2.24. The molecule has 0 saturated carbocycles. The lowest BCUT2D eigenvalue weighted by atomic mass is 9.98. The molecule has 112 valence electrons. The summed E-state index contributed by atoms with van der Waals surface area (Å²) in [6.45, 7) is 4.05. The first-order valence-corrected chi connectivity index (χ1v) is 7.03. The Bertz CT molecular complexity index is 587. The number of amides is 2. The molecule has 2 aliphatic heterocycles. The summed E-state index contributed by atoms with van der Waals surface area (Å²) in [6, 6.07) is 5.31. The smallest absolute Gasteiger partial charge is 0.246 e. The third kappa shape index (κ3) is 2.94. The largest absolute Gasteiger partial charge is 0.449 e. The third-order valence-corrected chi connectivity index (χ3v) is 3.56. The highest BCUT2D eigenvalue weighted by molar-refractivity contribution is 5.94. The molecule has 1 aromatic carbocycles. The quantitative estimate of drug-likeness (QED) is 0.868. The summed E-state index contributed by atoms with van der Waals surface area (Å²) >= 11 is 0. The van der Waals surface area contributed by atoms with Crippen molar-refractivity contribution in [2.24, 2.45) is 5.92 Å². The highest BCUT2D eigenvalue weighted by atomic mass is 16.7. The molecule has 0 radical (unpaired) electrons. The third-order valence-electron chi connectivity index (χ3n) is 3.56. The topological polar surface area (TPSA) is 76.7 Å². The van der Waals surface area contributed by atoms with Crippen molar-refractivity contribution in [2.75, 3.05) is 11.9 Å². The molecular weight excluding hydrogens is 272 g/mol. The van der Waals surface area contributed by atoms with Gasteiger partial charge in [-0.05, 0) is 18.6 Å². The van der Waals surface area contributed by atoms with E-state index in [2.05, 4.69) is 10.6 Å². The van der Waals surface area contributed by atoms with Gasteiger partial charge in [0.05, 0.1) is 5.92 Å². The Kier molecular flexibility index (Phi) is 3.23. The second-order valence-electron chi connectivity index (χ2n) is 5.79. The molecule has 3 rings (SSSR count). The molecule has 0 bridgehead atoms. The normalized spacial score (nSPS) is 22.6. The van der Waals surface area contributed by atoms with Gasteiger partial charge in [-0.1, -0.05) is 0 Å². The average Bonchev–Trinajstić information content (AvgIpc) is 2.72. The number of piperidine rings is 1. The number of hydrogen-bond acceptors (Lipinski definition) is 4. The first-order chi connectivity index (χ1) is 9.93. The van der Waals surface area contributed by atoms with E-state index in [0.717, 1.165) is 0 Å². The summed E-state index contributed by atoms with van der Waals surface area (Å²) in [6.07, 6.45) is 0.975. The highest BCUT2D eigenvalue weighted by Crippen LogP contribution is 2.40. The number of hydrogen-bond donors (Lipinski definition) is 2. The monoisotopic (exact) mass is 290 g/mol. The summed E-state index contributed by atoms with van der Waals surface area (Å²) in [5, 5.41) is 5.56. The molecule has 0 aliphatic carbocycles. The van der Waals surface area contributed by atoms with E-state index in [1.807, 2.05) is 13.8 Å². The Morgan fingerprint density at radius 1 is 1.33 bits per heavy atom. The summed E-state index contributed by atoms with van der Waals surface area (Å²) < 4.78 is 11.2. The summed E-state index contributed by atoms with van der Waals surface area (Å²) in [4.78, 5) is 23.3. The molecule has 1 fully saturated rings. The van der Waals surface area contributed by atoms with E-state index < -0.39 is 5.79 Å². The molecule has 2 heterocycles. The first kappa shape index (κ1) is 13.7. The standard InChI is InChI=1S/C15H18N2O4/c1-15(2)20-11-5-4-10(7-12(11)21-15)17-14(19)9-3-6-13(18)16-8-9/h4-5,7,9H,3,6,8H2,1-2H3,(H,16,18)(H,17,19). The Morgan fingerprint density at radius 3 is 2.81 bits per heavy atom. The predicted molar refractivity (Wildman–Crippen MR) is 76.1 cm³/mol. The minimum atomic E-state index is -0.682. The van der Waals surface area contributed by atoms with E-state index in [0.29, 0.717) is 36.6 Å². The Balaban J connectivity index is 1.66. The molecular formula is C15H18N2O4. The van der Waals surface area contributed by atoms with E-state index in [1.165, 1.54) is 0 Å². The van der Waals surface area contributed by atoms with Gasteiger partial charge in [-0.25, -0.2) is 0 Å². The fraction of sp³-hybridized carbons (Fsp3) is 0.467. The van der Waals surface area contributed by atoms with Gasteiger partial charge in [0, 0.05) is 38.6 Å². The minimum absolute atomic E-state index is 0.00404.